The van der Waals surface area contributed by atoms with Crippen LogP contribution >= 0.6 is 26.6 Å². The van der Waals surface area contributed by atoms with Crippen molar-refractivity contribution in [2.24, 2.45) is 0 Å². The van der Waals surface area contributed by atoms with Crippen molar-refractivity contribution >= 4 is 35.7 Å². The average molecular weight is 380 g/mol. The third-order valence-electron chi connectivity index (χ3n) is 2.51. The van der Waals surface area contributed by atoms with Crippen LogP contribution in [0.3, 0.4) is 0 Å². The lowest BCUT2D eigenvalue weighted by Gasteiger charge is -2.08. The summed E-state index contributed by atoms with van der Waals surface area (Å²) in [5.74, 6) is 0.155. The molecule has 0 bridgehead atoms. The summed E-state index contributed by atoms with van der Waals surface area (Å²) in [6, 6.07) is 10.0. The predicted octanol–water partition coefficient (Wildman–Crippen LogP) is 4.09. The Balaban J connectivity index is 2.08. The van der Waals surface area contributed by atoms with Crippen LogP contribution in [0.2, 0.25) is 0 Å². The smallest absolute Gasteiger partial charge is 0.261 e. The van der Waals surface area contributed by atoms with Crippen molar-refractivity contribution < 1.29 is 17.5 Å². The Hall–Kier alpha value is -1.11. The third kappa shape index (κ3) is 3.94. The molecule has 0 heterocycles. The molecule has 0 N–H and O–H groups in total. The second kappa shape index (κ2) is 6.11. The largest absolute Gasteiger partial charge is 0.489 e. The molecule has 0 atom stereocenters. The van der Waals surface area contributed by atoms with Crippen molar-refractivity contribution in [1.29, 1.82) is 0 Å². The van der Waals surface area contributed by atoms with Crippen molar-refractivity contribution in [3.63, 3.8) is 0 Å². The molecule has 0 unspecified atom stereocenters. The molecule has 0 aliphatic heterocycles. The summed E-state index contributed by atoms with van der Waals surface area (Å²) in [5.41, 5.74) is 0.778. The van der Waals surface area contributed by atoms with Gasteiger partial charge in [0.15, 0.2) is 0 Å². The average Bonchev–Trinajstić information content (AvgIpc) is 2.37. The first kappa shape index (κ1) is 15.3. The van der Waals surface area contributed by atoms with E-state index in [0.717, 1.165) is 5.56 Å². The monoisotopic (exact) mass is 378 g/mol. The second-order valence-corrected chi connectivity index (χ2v) is 7.35. The Kier molecular flexibility index (Phi) is 4.67. The van der Waals surface area contributed by atoms with E-state index in [1.165, 1.54) is 36.4 Å². The summed E-state index contributed by atoms with van der Waals surface area (Å²) >= 11 is 3.24. The van der Waals surface area contributed by atoms with E-state index in [-0.39, 0.29) is 17.3 Å². The standard InChI is InChI=1S/C13H9BrClFO3S/c14-13-7-10(16)2-1-9(13)8-19-11-3-5-12(6-4-11)20(15,17)18/h1-7H,8H2. The van der Waals surface area contributed by atoms with E-state index in [1.54, 1.807) is 6.07 Å². The Morgan fingerprint density at radius 1 is 1.15 bits per heavy atom. The van der Waals surface area contributed by atoms with E-state index >= 15 is 0 Å². The van der Waals surface area contributed by atoms with E-state index in [0.29, 0.717) is 10.2 Å². The van der Waals surface area contributed by atoms with Gasteiger partial charge in [0.05, 0.1) is 4.90 Å². The molecule has 0 fully saturated rings. The van der Waals surface area contributed by atoms with Crippen LogP contribution in [0.25, 0.3) is 0 Å². The first-order valence-electron chi connectivity index (χ1n) is 5.48. The van der Waals surface area contributed by atoms with E-state index in [1.807, 2.05) is 0 Å². The highest BCUT2D eigenvalue weighted by atomic mass is 79.9. The Labute approximate surface area is 128 Å². The molecular formula is C13H9BrClFO3S. The topological polar surface area (TPSA) is 43.4 Å². The van der Waals surface area contributed by atoms with Gasteiger partial charge in [0.1, 0.15) is 18.2 Å². The van der Waals surface area contributed by atoms with E-state index in [9.17, 15) is 12.8 Å². The lowest BCUT2D eigenvalue weighted by molar-refractivity contribution is 0.305. The third-order valence-corrected chi connectivity index (χ3v) is 4.62. The molecule has 0 saturated carbocycles. The maximum atomic E-state index is 12.9. The van der Waals surface area contributed by atoms with Crippen LogP contribution in [0.5, 0.6) is 5.75 Å². The van der Waals surface area contributed by atoms with Crippen molar-refractivity contribution in [2.75, 3.05) is 0 Å². The maximum absolute atomic E-state index is 12.9. The summed E-state index contributed by atoms with van der Waals surface area (Å²) in [4.78, 5) is 0.00878. The predicted molar refractivity (Wildman–Crippen MR) is 77.9 cm³/mol. The Bertz CT molecular complexity index is 717. The quantitative estimate of drug-likeness (QED) is 0.751. The molecular weight excluding hydrogens is 371 g/mol. The van der Waals surface area contributed by atoms with E-state index in [4.69, 9.17) is 15.4 Å². The van der Waals surface area contributed by atoms with Crippen LogP contribution in [-0.4, -0.2) is 8.42 Å². The van der Waals surface area contributed by atoms with Crippen LogP contribution in [0.15, 0.2) is 51.8 Å². The highest BCUT2D eigenvalue weighted by Gasteiger charge is 2.09. The van der Waals surface area contributed by atoms with E-state index in [2.05, 4.69) is 15.9 Å². The molecule has 3 nitrogen and oxygen atoms in total. The molecule has 0 saturated heterocycles. The minimum atomic E-state index is -3.73. The fourth-order valence-corrected chi connectivity index (χ4v) is 2.73. The molecule has 0 aliphatic rings. The summed E-state index contributed by atoms with van der Waals surface area (Å²) in [6.45, 7) is 0.230. The number of hydrogen-bond donors (Lipinski definition) is 0. The van der Waals surface area contributed by atoms with Gasteiger partial charge in [-0.25, -0.2) is 12.8 Å². The molecule has 0 aromatic heterocycles. The van der Waals surface area contributed by atoms with Crippen molar-refractivity contribution in [1.82, 2.24) is 0 Å². The maximum Gasteiger partial charge on any atom is 0.261 e. The lowest BCUT2D eigenvalue weighted by atomic mass is 10.2. The van der Waals surface area contributed by atoms with Gasteiger partial charge in [0, 0.05) is 20.7 Å². The van der Waals surface area contributed by atoms with Crippen LogP contribution in [-0.2, 0) is 15.7 Å². The molecule has 106 valence electrons. The SMILES string of the molecule is O=S(=O)(Cl)c1ccc(OCc2ccc(F)cc2Br)cc1. The summed E-state index contributed by atoms with van der Waals surface area (Å²) in [6.07, 6.45) is 0. The molecule has 2 rings (SSSR count). The van der Waals surface area contributed by atoms with Gasteiger partial charge in [-0.15, -0.1) is 0 Å². The first-order chi connectivity index (χ1) is 9.36. The van der Waals surface area contributed by atoms with Crippen LogP contribution < -0.4 is 4.74 Å². The zero-order valence-corrected chi connectivity index (χ0v) is 13.2. The number of hydrogen-bond acceptors (Lipinski definition) is 3. The van der Waals surface area contributed by atoms with Gasteiger partial charge in [0.2, 0.25) is 0 Å². The summed E-state index contributed by atoms with van der Waals surface area (Å²) in [5, 5.41) is 0. The van der Waals surface area contributed by atoms with Gasteiger partial charge in [-0.3, -0.25) is 0 Å². The molecule has 0 aliphatic carbocycles. The molecule has 20 heavy (non-hydrogen) atoms. The van der Waals surface area contributed by atoms with Gasteiger partial charge in [-0.05, 0) is 36.4 Å². The zero-order valence-electron chi connectivity index (χ0n) is 10.0. The Morgan fingerprint density at radius 2 is 1.80 bits per heavy atom. The van der Waals surface area contributed by atoms with Gasteiger partial charge < -0.3 is 4.74 Å². The second-order valence-electron chi connectivity index (χ2n) is 3.93. The fourth-order valence-electron chi connectivity index (χ4n) is 1.50. The lowest BCUT2D eigenvalue weighted by Crippen LogP contribution is -1.97. The van der Waals surface area contributed by atoms with Gasteiger partial charge in [-0.2, -0.15) is 0 Å². The number of halogens is 3. The van der Waals surface area contributed by atoms with Crippen LogP contribution in [0.1, 0.15) is 5.56 Å². The van der Waals surface area contributed by atoms with Crippen molar-refractivity contribution in [2.45, 2.75) is 11.5 Å². The zero-order chi connectivity index (χ0) is 14.8. The highest BCUT2D eigenvalue weighted by molar-refractivity contribution is 9.10. The van der Waals surface area contributed by atoms with Crippen LogP contribution in [0.4, 0.5) is 4.39 Å². The fraction of sp³-hybridized carbons (Fsp3) is 0.0769. The van der Waals surface area contributed by atoms with Gasteiger partial charge >= 0.3 is 0 Å². The molecule has 2 aromatic rings. The van der Waals surface area contributed by atoms with Crippen LogP contribution in [0, 0.1) is 5.82 Å². The number of rotatable bonds is 4. The number of benzene rings is 2. The Morgan fingerprint density at radius 3 is 2.35 bits per heavy atom. The normalized spacial score (nSPS) is 11.3. The first-order valence-corrected chi connectivity index (χ1v) is 8.58. The summed E-state index contributed by atoms with van der Waals surface area (Å²) < 4.78 is 41.2. The molecule has 0 amide bonds. The summed E-state index contributed by atoms with van der Waals surface area (Å²) in [7, 11) is 1.48. The van der Waals surface area contributed by atoms with Gasteiger partial charge in [0.25, 0.3) is 9.05 Å². The van der Waals surface area contributed by atoms with Crippen molar-refractivity contribution in [3.05, 3.63) is 58.3 Å². The van der Waals surface area contributed by atoms with E-state index < -0.39 is 9.05 Å². The minimum Gasteiger partial charge on any atom is -0.489 e. The molecule has 2 aromatic carbocycles. The minimum absolute atomic E-state index is 0.00878. The highest BCUT2D eigenvalue weighted by Crippen LogP contribution is 2.22. The molecule has 0 spiro atoms. The molecule has 7 heteroatoms. The molecule has 0 radical (unpaired) electrons. The van der Waals surface area contributed by atoms with Crippen molar-refractivity contribution in [3.8, 4) is 5.75 Å². The van der Waals surface area contributed by atoms with Gasteiger partial charge in [-0.1, -0.05) is 22.0 Å². The number of ether oxygens (including phenoxy) is 1.